The maximum Gasteiger partial charge on any atom is 0.0589 e. The first-order chi connectivity index (χ1) is 9.27. The minimum absolute atomic E-state index is 0.384. The number of hydrogen-bond acceptors (Lipinski definition) is 4. The summed E-state index contributed by atoms with van der Waals surface area (Å²) in [5.74, 6) is 0.655. The Hall–Kier alpha value is -0.160. The van der Waals surface area contributed by atoms with Gasteiger partial charge in [0.1, 0.15) is 0 Å². The fourth-order valence-electron chi connectivity index (χ4n) is 2.92. The van der Waals surface area contributed by atoms with Gasteiger partial charge in [0, 0.05) is 46.5 Å². The number of nitrogens with zero attached hydrogens (tertiary/aromatic N) is 1. The van der Waals surface area contributed by atoms with Crippen molar-refractivity contribution >= 4 is 0 Å². The van der Waals surface area contributed by atoms with Gasteiger partial charge >= 0.3 is 0 Å². The maximum atomic E-state index is 6.33. The quantitative estimate of drug-likeness (QED) is 0.514. The molecule has 1 aliphatic rings. The highest BCUT2D eigenvalue weighted by atomic mass is 16.5. The summed E-state index contributed by atoms with van der Waals surface area (Å²) in [5, 5.41) is 0. The highest BCUT2D eigenvalue weighted by Gasteiger charge is 2.22. The highest BCUT2D eigenvalue weighted by Crippen LogP contribution is 2.23. The lowest BCUT2D eigenvalue weighted by Crippen LogP contribution is -2.40. The third-order valence-electron chi connectivity index (χ3n) is 4.15. The van der Waals surface area contributed by atoms with Gasteiger partial charge in [-0.1, -0.05) is 19.3 Å². The molecule has 0 radical (unpaired) electrons. The third kappa shape index (κ3) is 7.25. The molecule has 0 amide bonds. The summed E-state index contributed by atoms with van der Waals surface area (Å²) in [6, 6.07) is 0.384. The molecule has 0 saturated heterocycles. The van der Waals surface area contributed by atoms with E-state index in [1.165, 1.54) is 32.1 Å². The Labute approximate surface area is 118 Å². The Kier molecular flexibility index (Phi) is 9.43. The fraction of sp³-hybridized carbons (Fsp3) is 1.00. The average Bonchev–Trinajstić information content (AvgIpc) is 2.61. The Balaban J connectivity index is 2.38. The Bertz CT molecular complexity index is 214. The summed E-state index contributed by atoms with van der Waals surface area (Å²) in [5.41, 5.74) is 6.33. The molecule has 19 heavy (non-hydrogen) atoms. The van der Waals surface area contributed by atoms with Gasteiger partial charge in [0.15, 0.2) is 0 Å². The van der Waals surface area contributed by atoms with E-state index in [1.54, 1.807) is 14.2 Å². The molecule has 0 spiro atoms. The van der Waals surface area contributed by atoms with Gasteiger partial charge in [-0.2, -0.15) is 0 Å². The molecule has 1 aliphatic carbocycles. The maximum absolute atomic E-state index is 6.33. The molecule has 4 nitrogen and oxygen atoms in total. The van der Waals surface area contributed by atoms with Gasteiger partial charge in [-0.3, -0.25) is 0 Å². The first-order valence-corrected chi connectivity index (χ1v) is 7.73. The molecular weight excluding hydrogens is 240 g/mol. The van der Waals surface area contributed by atoms with Crippen molar-refractivity contribution in [1.29, 1.82) is 0 Å². The van der Waals surface area contributed by atoms with E-state index in [-0.39, 0.29) is 0 Å². The van der Waals surface area contributed by atoms with Crippen LogP contribution in [0.4, 0.5) is 0 Å². The van der Waals surface area contributed by atoms with E-state index in [4.69, 9.17) is 15.2 Å². The molecule has 1 fully saturated rings. The first kappa shape index (κ1) is 16.9. The van der Waals surface area contributed by atoms with E-state index in [1.807, 2.05) is 0 Å². The van der Waals surface area contributed by atoms with Crippen molar-refractivity contribution in [2.45, 2.75) is 44.6 Å². The van der Waals surface area contributed by atoms with Gasteiger partial charge in [-0.25, -0.2) is 0 Å². The Morgan fingerprint density at radius 1 is 1.00 bits per heavy atom. The molecule has 0 aliphatic heterocycles. The lowest BCUT2D eigenvalue weighted by Gasteiger charge is -2.29. The lowest BCUT2D eigenvalue weighted by molar-refractivity contribution is 0.117. The standard InChI is InChI=1S/C15H32N2O2/c1-18-11-6-9-17(10-12-19-2)13-14-7-4-3-5-8-15(14)16/h14-15H,3-13,16H2,1-2H3. The van der Waals surface area contributed by atoms with E-state index >= 15 is 0 Å². The van der Waals surface area contributed by atoms with Crippen LogP contribution in [0.5, 0.6) is 0 Å². The molecule has 0 aromatic heterocycles. The van der Waals surface area contributed by atoms with Crippen molar-refractivity contribution in [1.82, 2.24) is 4.90 Å². The molecule has 2 atom stereocenters. The summed E-state index contributed by atoms with van der Waals surface area (Å²) < 4.78 is 10.4. The van der Waals surface area contributed by atoms with E-state index in [9.17, 15) is 0 Å². The van der Waals surface area contributed by atoms with Crippen LogP contribution in [0.15, 0.2) is 0 Å². The van der Waals surface area contributed by atoms with Gasteiger partial charge < -0.3 is 20.1 Å². The third-order valence-corrected chi connectivity index (χ3v) is 4.15. The molecule has 0 bridgehead atoms. The average molecular weight is 272 g/mol. The largest absolute Gasteiger partial charge is 0.385 e. The number of rotatable bonds is 9. The van der Waals surface area contributed by atoms with E-state index < -0.39 is 0 Å². The van der Waals surface area contributed by atoms with Crippen molar-refractivity contribution < 1.29 is 9.47 Å². The predicted molar refractivity (Wildman–Crippen MR) is 79.4 cm³/mol. The van der Waals surface area contributed by atoms with Crippen LogP contribution in [0.25, 0.3) is 0 Å². The molecule has 0 aromatic carbocycles. The smallest absolute Gasteiger partial charge is 0.0589 e. The number of nitrogens with two attached hydrogens (primary N) is 1. The van der Waals surface area contributed by atoms with Crippen molar-refractivity contribution in [2.75, 3.05) is 47.1 Å². The van der Waals surface area contributed by atoms with Crippen molar-refractivity contribution in [3.63, 3.8) is 0 Å². The van der Waals surface area contributed by atoms with Crippen molar-refractivity contribution in [3.8, 4) is 0 Å². The SMILES string of the molecule is COCCCN(CCOC)CC1CCCCCC1N. The van der Waals surface area contributed by atoms with Crippen LogP contribution >= 0.6 is 0 Å². The second-order valence-electron chi connectivity index (χ2n) is 5.70. The zero-order valence-corrected chi connectivity index (χ0v) is 12.8. The van der Waals surface area contributed by atoms with E-state index in [0.717, 1.165) is 39.3 Å². The number of hydrogen-bond donors (Lipinski definition) is 1. The van der Waals surface area contributed by atoms with Crippen LogP contribution in [0, 0.1) is 5.92 Å². The summed E-state index contributed by atoms with van der Waals surface area (Å²) in [6.45, 7) is 4.84. The van der Waals surface area contributed by atoms with Crippen LogP contribution in [-0.2, 0) is 9.47 Å². The monoisotopic (exact) mass is 272 g/mol. The van der Waals surface area contributed by atoms with E-state index in [2.05, 4.69) is 4.90 Å². The summed E-state index contributed by atoms with van der Waals surface area (Å²) in [4.78, 5) is 2.50. The summed E-state index contributed by atoms with van der Waals surface area (Å²) >= 11 is 0. The summed E-state index contributed by atoms with van der Waals surface area (Å²) in [6.07, 6.45) is 7.57. The molecule has 2 unspecified atom stereocenters. The molecule has 0 heterocycles. The van der Waals surface area contributed by atoms with Gasteiger partial charge in [-0.15, -0.1) is 0 Å². The molecular formula is C15H32N2O2. The first-order valence-electron chi connectivity index (χ1n) is 7.73. The van der Waals surface area contributed by atoms with Gasteiger partial charge in [0.2, 0.25) is 0 Å². The lowest BCUT2D eigenvalue weighted by atomic mass is 9.95. The molecule has 2 N–H and O–H groups in total. The molecule has 1 saturated carbocycles. The topological polar surface area (TPSA) is 47.7 Å². The van der Waals surface area contributed by atoms with Crippen LogP contribution in [0.2, 0.25) is 0 Å². The van der Waals surface area contributed by atoms with Gasteiger partial charge in [-0.05, 0) is 25.2 Å². The number of ether oxygens (including phenoxy) is 2. The molecule has 0 aromatic rings. The van der Waals surface area contributed by atoms with Crippen LogP contribution < -0.4 is 5.73 Å². The fourth-order valence-corrected chi connectivity index (χ4v) is 2.92. The highest BCUT2D eigenvalue weighted by molar-refractivity contribution is 4.79. The summed E-state index contributed by atoms with van der Waals surface area (Å²) in [7, 11) is 3.53. The van der Waals surface area contributed by atoms with Gasteiger partial charge in [0.05, 0.1) is 6.61 Å². The second-order valence-corrected chi connectivity index (χ2v) is 5.70. The molecule has 4 heteroatoms. The zero-order valence-electron chi connectivity index (χ0n) is 12.8. The van der Waals surface area contributed by atoms with Crippen LogP contribution in [-0.4, -0.2) is 58.0 Å². The van der Waals surface area contributed by atoms with Crippen LogP contribution in [0.1, 0.15) is 38.5 Å². The Morgan fingerprint density at radius 2 is 1.74 bits per heavy atom. The molecule has 1 rings (SSSR count). The van der Waals surface area contributed by atoms with Gasteiger partial charge in [0.25, 0.3) is 0 Å². The normalized spacial score (nSPS) is 24.6. The van der Waals surface area contributed by atoms with Crippen molar-refractivity contribution in [3.05, 3.63) is 0 Å². The van der Waals surface area contributed by atoms with E-state index in [0.29, 0.717) is 12.0 Å². The van der Waals surface area contributed by atoms with Crippen molar-refractivity contribution in [2.24, 2.45) is 11.7 Å². The van der Waals surface area contributed by atoms with Crippen LogP contribution in [0.3, 0.4) is 0 Å². The number of methoxy groups -OCH3 is 2. The molecule has 114 valence electrons. The zero-order chi connectivity index (χ0) is 13.9. The second kappa shape index (κ2) is 10.6. The predicted octanol–water partition coefficient (Wildman–Crippen LogP) is 1.88. The Morgan fingerprint density at radius 3 is 2.47 bits per heavy atom. The minimum atomic E-state index is 0.384. The minimum Gasteiger partial charge on any atom is -0.385 e.